The maximum Gasteiger partial charge on any atom is 0.123 e. The summed E-state index contributed by atoms with van der Waals surface area (Å²) < 4.78 is 7.73. The van der Waals surface area contributed by atoms with Gasteiger partial charge in [0, 0.05) is 30.9 Å². The number of furan rings is 1. The molecule has 2 heterocycles. The number of aryl methyl sites for hydroxylation is 1. The van der Waals surface area contributed by atoms with Crippen molar-refractivity contribution in [1.82, 2.24) is 14.9 Å². The Morgan fingerprint density at radius 2 is 2.28 bits per heavy atom. The second-order valence-corrected chi connectivity index (χ2v) is 4.42. The van der Waals surface area contributed by atoms with E-state index in [0.29, 0.717) is 0 Å². The van der Waals surface area contributed by atoms with E-state index in [-0.39, 0.29) is 0 Å². The molecule has 0 aliphatic rings. The van der Waals surface area contributed by atoms with Crippen molar-refractivity contribution in [1.29, 1.82) is 0 Å². The van der Waals surface area contributed by atoms with Crippen LogP contribution in [0.5, 0.6) is 0 Å². The number of rotatable bonds is 7. The van der Waals surface area contributed by atoms with Gasteiger partial charge in [-0.3, -0.25) is 0 Å². The Balaban J connectivity index is 1.99. The normalized spacial score (nSPS) is 11.0. The molecular formula is C14H21N3O. The molecule has 0 aromatic carbocycles. The number of aromatic nitrogens is 2. The van der Waals surface area contributed by atoms with E-state index in [1.54, 1.807) is 0 Å². The molecule has 0 aliphatic carbocycles. The van der Waals surface area contributed by atoms with Crippen LogP contribution in [0.1, 0.15) is 37.4 Å². The molecule has 18 heavy (non-hydrogen) atoms. The van der Waals surface area contributed by atoms with Gasteiger partial charge in [0.25, 0.3) is 0 Å². The zero-order chi connectivity index (χ0) is 12.8. The van der Waals surface area contributed by atoms with Crippen molar-refractivity contribution in [3.63, 3.8) is 0 Å². The fraction of sp³-hybridized carbons (Fsp3) is 0.500. The highest BCUT2D eigenvalue weighted by Gasteiger charge is 2.06. The Labute approximate surface area is 108 Å². The average molecular weight is 247 g/mol. The lowest BCUT2D eigenvalue weighted by atomic mass is 10.3. The molecule has 4 nitrogen and oxygen atoms in total. The molecule has 0 aliphatic heterocycles. The lowest BCUT2D eigenvalue weighted by molar-refractivity contribution is 0.486. The van der Waals surface area contributed by atoms with Crippen LogP contribution in [0, 0.1) is 0 Å². The van der Waals surface area contributed by atoms with Crippen molar-refractivity contribution in [3.05, 3.63) is 41.9 Å². The van der Waals surface area contributed by atoms with Gasteiger partial charge in [0.05, 0.1) is 12.8 Å². The molecule has 0 saturated heterocycles. The summed E-state index contributed by atoms with van der Waals surface area (Å²) >= 11 is 0. The second-order valence-electron chi connectivity index (χ2n) is 4.42. The number of hydrogen-bond acceptors (Lipinski definition) is 3. The van der Waals surface area contributed by atoms with Crippen LogP contribution in [0.2, 0.25) is 0 Å². The molecule has 2 aromatic heterocycles. The first-order valence-corrected chi connectivity index (χ1v) is 6.60. The maximum absolute atomic E-state index is 5.58. The minimum atomic E-state index is 0.765. The van der Waals surface area contributed by atoms with Crippen molar-refractivity contribution in [2.24, 2.45) is 0 Å². The van der Waals surface area contributed by atoms with E-state index in [1.807, 2.05) is 18.7 Å². The third-order valence-corrected chi connectivity index (χ3v) is 2.89. The first-order chi connectivity index (χ1) is 8.83. The summed E-state index contributed by atoms with van der Waals surface area (Å²) in [5.41, 5.74) is 1.20. The van der Waals surface area contributed by atoms with E-state index in [9.17, 15) is 0 Å². The zero-order valence-corrected chi connectivity index (χ0v) is 11.1. The monoisotopic (exact) mass is 247 g/mol. The van der Waals surface area contributed by atoms with Crippen LogP contribution in [-0.2, 0) is 19.5 Å². The fourth-order valence-corrected chi connectivity index (χ4v) is 1.97. The molecule has 0 spiro atoms. The van der Waals surface area contributed by atoms with Gasteiger partial charge in [-0.1, -0.05) is 13.8 Å². The predicted octanol–water partition coefficient (Wildman–Crippen LogP) is 2.59. The highest BCUT2D eigenvalue weighted by Crippen LogP contribution is 2.11. The first-order valence-electron chi connectivity index (χ1n) is 6.60. The summed E-state index contributed by atoms with van der Waals surface area (Å²) in [5, 5.41) is 3.29. The van der Waals surface area contributed by atoms with Crippen LogP contribution in [0.3, 0.4) is 0 Å². The van der Waals surface area contributed by atoms with Crippen LogP contribution >= 0.6 is 0 Å². The second kappa shape index (κ2) is 6.40. The quantitative estimate of drug-likeness (QED) is 0.817. The standard InChI is InChI=1S/C14H21N3O/c1-3-5-14-16-6-7-17(14)10-13-8-12(11-18-13)9-15-4-2/h6-8,11,15H,3-5,9-10H2,1-2H3. The summed E-state index contributed by atoms with van der Waals surface area (Å²) in [6.07, 6.45) is 7.82. The van der Waals surface area contributed by atoms with Crippen molar-refractivity contribution in [2.75, 3.05) is 6.54 Å². The smallest absolute Gasteiger partial charge is 0.123 e. The molecule has 0 atom stereocenters. The molecule has 2 aromatic rings. The van der Waals surface area contributed by atoms with Gasteiger partial charge in [0.1, 0.15) is 11.6 Å². The molecule has 98 valence electrons. The SMILES string of the molecule is CCCc1nccn1Cc1cc(CNCC)co1. The van der Waals surface area contributed by atoms with Gasteiger partial charge in [-0.05, 0) is 19.0 Å². The Bertz CT molecular complexity index is 473. The Morgan fingerprint density at radius 1 is 1.39 bits per heavy atom. The van der Waals surface area contributed by atoms with Crippen LogP contribution in [0.4, 0.5) is 0 Å². The van der Waals surface area contributed by atoms with Gasteiger partial charge in [-0.15, -0.1) is 0 Å². The largest absolute Gasteiger partial charge is 0.467 e. The van der Waals surface area contributed by atoms with E-state index in [4.69, 9.17) is 4.42 Å². The van der Waals surface area contributed by atoms with Crippen LogP contribution in [0.25, 0.3) is 0 Å². The number of nitrogens with zero attached hydrogens (tertiary/aromatic N) is 2. The Morgan fingerprint density at radius 3 is 3.06 bits per heavy atom. The van der Waals surface area contributed by atoms with Gasteiger partial charge in [0.15, 0.2) is 0 Å². The van der Waals surface area contributed by atoms with Crippen LogP contribution in [0.15, 0.2) is 29.1 Å². The van der Waals surface area contributed by atoms with Crippen molar-refractivity contribution >= 4 is 0 Å². The average Bonchev–Trinajstić information content (AvgIpc) is 2.98. The lowest BCUT2D eigenvalue weighted by Crippen LogP contribution is -2.10. The summed E-state index contributed by atoms with van der Waals surface area (Å²) in [5.74, 6) is 2.11. The molecule has 0 amide bonds. The molecule has 0 bridgehead atoms. The third-order valence-electron chi connectivity index (χ3n) is 2.89. The molecule has 0 unspecified atom stereocenters. The minimum absolute atomic E-state index is 0.765. The fourth-order valence-electron chi connectivity index (χ4n) is 1.97. The molecule has 2 rings (SSSR count). The van der Waals surface area contributed by atoms with E-state index >= 15 is 0 Å². The summed E-state index contributed by atoms with van der Waals surface area (Å²) in [7, 11) is 0. The van der Waals surface area contributed by atoms with Crippen LogP contribution < -0.4 is 5.32 Å². The van der Waals surface area contributed by atoms with Gasteiger partial charge in [-0.2, -0.15) is 0 Å². The highest BCUT2D eigenvalue weighted by molar-refractivity contribution is 5.13. The first kappa shape index (κ1) is 12.9. The minimum Gasteiger partial charge on any atom is -0.467 e. The van der Waals surface area contributed by atoms with Gasteiger partial charge in [0.2, 0.25) is 0 Å². The highest BCUT2D eigenvalue weighted by atomic mass is 16.3. The van der Waals surface area contributed by atoms with Crippen molar-refractivity contribution in [3.8, 4) is 0 Å². The van der Waals surface area contributed by atoms with E-state index in [1.165, 1.54) is 5.56 Å². The summed E-state index contributed by atoms with van der Waals surface area (Å²) in [6, 6.07) is 2.11. The number of nitrogens with one attached hydrogen (secondary N) is 1. The topological polar surface area (TPSA) is 43.0 Å². The van der Waals surface area contributed by atoms with Crippen molar-refractivity contribution in [2.45, 2.75) is 39.8 Å². The van der Waals surface area contributed by atoms with Crippen molar-refractivity contribution < 1.29 is 4.42 Å². The Kier molecular flexibility index (Phi) is 4.59. The van der Waals surface area contributed by atoms with E-state index < -0.39 is 0 Å². The molecule has 1 N–H and O–H groups in total. The molecule has 0 radical (unpaired) electrons. The zero-order valence-electron chi connectivity index (χ0n) is 11.1. The molecule has 0 fully saturated rings. The van der Waals surface area contributed by atoms with E-state index in [2.05, 4.69) is 34.8 Å². The number of imidazole rings is 1. The lowest BCUT2D eigenvalue weighted by Gasteiger charge is -2.04. The van der Waals surface area contributed by atoms with E-state index in [0.717, 1.165) is 44.1 Å². The summed E-state index contributed by atoms with van der Waals surface area (Å²) in [4.78, 5) is 4.37. The molecule has 4 heteroatoms. The number of hydrogen-bond donors (Lipinski definition) is 1. The Hall–Kier alpha value is -1.55. The predicted molar refractivity (Wildman–Crippen MR) is 71.4 cm³/mol. The van der Waals surface area contributed by atoms with Gasteiger partial charge >= 0.3 is 0 Å². The maximum atomic E-state index is 5.58. The van der Waals surface area contributed by atoms with Gasteiger partial charge < -0.3 is 14.3 Å². The third kappa shape index (κ3) is 3.23. The van der Waals surface area contributed by atoms with Crippen LogP contribution in [-0.4, -0.2) is 16.1 Å². The summed E-state index contributed by atoms with van der Waals surface area (Å²) in [6.45, 7) is 6.87. The van der Waals surface area contributed by atoms with Gasteiger partial charge in [-0.25, -0.2) is 4.98 Å². The molecular weight excluding hydrogens is 226 g/mol. The molecule has 0 saturated carbocycles.